The highest BCUT2D eigenvalue weighted by Crippen LogP contribution is 2.25. The molecule has 0 aromatic heterocycles. The molecule has 0 radical (unpaired) electrons. The van der Waals surface area contributed by atoms with Crippen LogP contribution in [0.4, 0.5) is 0 Å². The van der Waals surface area contributed by atoms with E-state index >= 15 is 0 Å². The first-order valence-corrected chi connectivity index (χ1v) is 9.93. The number of amides is 1. The van der Waals surface area contributed by atoms with Crippen molar-refractivity contribution in [1.82, 2.24) is 5.32 Å². The van der Waals surface area contributed by atoms with Gasteiger partial charge in [0.25, 0.3) is 0 Å². The Morgan fingerprint density at radius 2 is 2.11 bits per heavy atom. The summed E-state index contributed by atoms with van der Waals surface area (Å²) in [5, 5.41) is 3.20. The molecule has 1 amide bonds. The highest BCUT2D eigenvalue weighted by Gasteiger charge is 2.29. The second kappa shape index (κ2) is 6.48. The fraction of sp³-hybridized carbons (Fsp3) is 0.923. The molecule has 2 fully saturated rings. The molecule has 4 nitrogen and oxygen atoms in total. The summed E-state index contributed by atoms with van der Waals surface area (Å²) in [7, 11) is -2.83. The lowest BCUT2D eigenvalue weighted by Gasteiger charge is -2.27. The molecule has 1 aliphatic heterocycles. The van der Waals surface area contributed by atoms with E-state index in [2.05, 4.69) is 12.2 Å². The Morgan fingerprint density at radius 3 is 2.74 bits per heavy atom. The minimum Gasteiger partial charge on any atom is -0.353 e. The number of rotatable bonds is 4. The summed E-state index contributed by atoms with van der Waals surface area (Å²) >= 11 is 1.49. The van der Waals surface area contributed by atoms with Gasteiger partial charge >= 0.3 is 0 Å². The molecule has 0 aromatic carbocycles. The van der Waals surface area contributed by atoms with Gasteiger partial charge in [0.1, 0.15) is 0 Å². The van der Waals surface area contributed by atoms with E-state index in [1.807, 2.05) is 0 Å². The third-order valence-corrected chi connectivity index (χ3v) is 7.22. The van der Waals surface area contributed by atoms with Crippen molar-refractivity contribution < 1.29 is 13.2 Å². The quantitative estimate of drug-likeness (QED) is 0.857. The maximum Gasteiger partial charge on any atom is 0.230 e. The van der Waals surface area contributed by atoms with Crippen LogP contribution >= 0.6 is 11.8 Å². The van der Waals surface area contributed by atoms with Crippen molar-refractivity contribution in [2.75, 3.05) is 17.3 Å². The average Bonchev–Trinajstić information content (AvgIpc) is 2.66. The van der Waals surface area contributed by atoms with Crippen molar-refractivity contribution >= 4 is 27.5 Å². The first kappa shape index (κ1) is 15.2. The molecule has 110 valence electrons. The molecule has 1 saturated heterocycles. The molecule has 2 aliphatic rings. The van der Waals surface area contributed by atoms with Crippen LogP contribution in [0.3, 0.4) is 0 Å². The summed E-state index contributed by atoms with van der Waals surface area (Å²) in [6.45, 7) is 2.23. The lowest BCUT2D eigenvalue weighted by atomic mass is 9.87. The van der Waals surface area contributed by atoms with Crippen LogP contribution in [0.25, 0.3) is 0 Å². The molecule has 0 spiro atoms. The third kappa shape index (κ3) is 4.99. The van der Waals surface area contributed by atoms with E-state index in [0.717, 1.165) is 12.8 Å². The summed E-state index contributed by atoms with van der Waals surface area (Å²) in [6.07, 6.45) is 5.31. The molecule has 1 heterocycles. The molecule has 2 rings (SSSR count). The van der Waals surface area contributed by atoms with E-state index < -0.39 is 9.84 Å². The Bertz CT molecular complexity index is 422. The van der Waals surface area contributed by atoms with E-state index in [9.17, 15) is 13.2 Å². The van der Waals surface area contributed by atoms with E-state index in [4.69, 9.17) is 0 Å². The predicted molar refractivity (Wildman–Crippen MR) is 79.1 cm³/mol. The summed E-state index contributed by atoms with van der Waals surface area (Å²) in [4.78, 5) is 11.9. The van der Waals surface area contributed by atoms with Crippen molar-refractivity contribution in [3.8, 4) is 0 Å². The van der Waals surface area contributed by atoms with Gasteiger partial charge in [-0.15, -0.1) is 11.8 Å². The second-order valence-electron chi connectivity index (χ2n) is 5.87. The van der Waals surface area contributed by atoms with Crippen molar-refractivity contribution in [3.63, 3.8) is 0 Å². The molecule has 1 N–H and O–H groups in total. The molecule has 0 aromatic rings. The van der Waals surface area contributed by atoms with Gasteiger partial charge in [0.15, 0.2) is 9.84 Å². The largest absolute Gasteiger partial charge is 0.353 e. The number of carbonyl (C=O) groups is 1. The molecule has 3 atom stereocenters. The Kier molecular flexibility index (Phi) is 5.17. The summed E-state index contributed by atoms with van der Waals surface area (Å²) < 4.78 is 22.6. The first-order valence-electron chi connectivity index (χ1n) is 7.06. The molecule has 3 unspecified atom stereocenters. The van der Waals surface area contributed by atoms with Crippen LogP contribution in [-0.4, -0.2) is 42.9 Å². The summed E-state index contributed by atoms with van der Waals surface area (Å²) in [5.74, 6) is 1.68. The van der Waals surface area contributed by atoms with Crippen molar-refractivity contribution in [2.45, 2.75) is 50.3 Å². The number of carbonyl (C=O) groups excluding carboxylic acids is 1. The van der Waals surface area contributed by atoms with Gasteiger partial charge < -0.3 is 5.32 Å². The van der Waals surface area contributed by atoms with Crippen molar-refractivity contribution in [3.05, 3.63) is 0 Å². The number of sulfone groups is 1. The molecular formula is C13H23NO3S2. The van der Waals surface area contributed by atoms with E-state index in [-0.39, 0.29) is 22.7 Å². The normalized spacial score (nSPS) is 34.1. The van der Waals surface area contributed by atoms with Gasteiger partial charge in [-0.05, 0) is 25.2 Å². The Balaban J connectivity index is 1.67. The molecule has 1 aliphatic carbocycles. The van der Waals surface area contributed by atoms with Crippen LogP contribution in [0, 0.1) is 5.92 Å². The predicted octanol–water partition coefficient (Wildman–Crippen LogP) is 1.60. The fourth-order valence-corrected chi connectivity index (χ4v) is 6.37. The molecule has 0 bridgehead atoms. The molecule has 6 heteroatoms. The van der Waals surface area contributed by atoms with Gasteiger partial charge in [-0.1, -0.05) is 19.8 Å². The standard InChI is InChI=1S/C13H23NO3S2/c1-10-3-2-4-11(7-10)14-13(15)8-18-12-5-6-19(16,17)9-12/h10-12H,2-9H2,1H3,(H,14,15). The number of thioether (sulfide) groups is 1. The number of hydrogen-bond donors (Lipinski definition) is 1. The topological polar surface area (TPSA) is 63.2 Å². The fourth-order valence-electron chi connectivity index (χ4n) is 2.92. The third-order valence-electron chi connectivity index (χ3n) is 3.94. The van der Waals surface area contributed by atoms with Crippen LogP contribution in [0.15, 0.2) is 0 Å². The highest BCUT2D eigenvalue weighted by atomic mass is 32.2. The van der Waals surface area contributed by atoms with Gasteiger partial charge in [0.05, 0.1) is 17.3 Å². The minimum absolute atomic E-state index is 0.0633. The van der Waals surface area contributed by atoms with Gasteiger partial charge in [0, 0.05) is 11.3 Å². The van der Waals surface area contributed by atoms with Crippen LogP contribution in [0.2, 0.25) is 0 Å². The van der Waals surface area contributed by atoms with Crippen LogP contribution in [0.5, 0.6) is 0 Å². The van der Waals surface area contributed by atoms with E-state index in [1.54, 1.807) is 0 Å². The summed E-state index contributed by atoms with van der Waals surface area (Å²) in [5.41, 5.74) is 0. The molecular weight excluding hydrogens is 282 g/mol. The average molecular weight is 305 g/mol. The van der Waals surface area contributed by atoms with Crippen molar-refractivity contribution in [2.24, 2.45) is 5.92 Å². The van der Waals surface area contributed by atoms with Gasteiger partial charge in [0.2, 0.25) is 5.91 Å². The Hall–Kier alpha value is -0.230. The minimum atomic E-state index is -2.83. The number of hydrogen-bond acceptors (Lipinski definition) is 4. The van der Waals surface area contributed by atoms with Crippen LogP contribution in [0.1, 0.15) is 39.0 Å². The van der Waals surface area contributed by atoms with Crippen LogP contribution < -0.4 is 5.32 Å². The zero-order chi connectivity index (χ0) is 13.9. The number of nitrogens with one attached hydrogen (secondary N) is 1. The Labute approximate surface area is 120 Å². The lowest BCUT2D eigenvalue weighted by Crippen LogP contribution is -2.39. The lowest BCUT2D eigenvalue weighted by molar-refractivity contribution is -0.119. The maximum atomic E-state index is 11.9. The second-order valence-corrected chi connectivity index (χ2v) is 9.39. The van der Waals surface area contributed by atoms with Gasteiger partial charge in [-0.2, -0.15) is 0 Å². The van der Waals surface area contributed by atoms with E-state index in [1.165, 1.54) is 24.6 Å². The van der Waals surface area contributed by atoms with Gasteiger partial charge in [-0.25, -0.2) is 8.42 Å². The van der Waals surface area contributed by atoms with Crippen molar-refractivity contribution in [1.29, 1.82) is 0 Å². The highest BCUT2D eigenvalue weighted by molar-refractivity contribution is 8.02. The molecule has 1 saturated carbocycles. The first-order chi connectivity index (χ1) is 8.94. The van der Waals surface area contributed by atoms with E-state index in [0.29, 0.717) is 24.1 Å². The zero-order valence-electron chi connectivity index (χ0n) is 11.4. The zero-order valence-corrected chi connectivity index (χ0v) is 13.1. The smallest absolute Gasteiger partial charge is 0.230 e. The monoisotopic (exact) mass is 305 g/mol. The maximum absolute atomic E-state index is 11.9. The summed E-state index contributed by atoms with van der Waals surface area (Å²) in [6, 6.07) is 0.323. The SMILES string of the molecule is CC1CCCC(NC(=O)CSC2CCS(=O)(=O)C2)C1. The molecule has 19 heavy (non-hydrogen) atoms. The van der Waals surface area contributed by atoms with Crippen LogP contribution in [-0.2, 0) is 14.6 Å². The Morgan fingerprint density at radius 1 is 1.32 bits per heavy atom. The van der Waals surface area contributed by atoms with Gasteiger partial charge in [-0.3, -0.25) is 4.79 Å².